The highest BCUT2D eigenvalue weighted by atomic mass is 16.1. The first-order chi connectivity index (χ1) is 9.19. The number of benzene rings is 1. The third-order valence-electron chi connectivity index (χ3n) is 2.87. The summed E-state index contributed by atoms with van der Waals surface area (Å²) in [5.41, 5.74) is 7.42. The number of rotatable bonds is 5. The van der Waals surface area contributed by atoms with E-state index in [0.717, 1.165) is 17.8 Å². The van der Waals surface area contributed by atoms with Crippen LogP contribution in [0.2, 0.25) is 0 Å². The van der Waals surface area contributed by atoms with Crippen molar-refractivity contribution in [1.82, 2.24) is 9.78 Å². The fraction of sp³-hybridized carbons (Fsp3) is 0.286. The lowest BCUT2D eigenvalue weighted by molar-refractivity contribution is -0.116. The molecule has 1 aromatic heterocycles. The van der Waals surface area contributed by atoms with Gasteiger partial charge in [-0.3, -0.25) is 4.79 Å². The van der Waals surface area contributed by atoms with Crippen LogP contribution in [0.5, 0.6) is 0 Å². The van der Waals surface area contributed by atoms with E-state index in [-0.39, 0.29) is 11.9 Å². The van der Waals surface area contributed by atoms with Crippen LogP contribution in [0.4, 0.5) is 5.69 Å². The van der Waals surface area contributed by atoms with Crippen LogP contribution >= 0.6 is 0 Å². The summed E-state index contributed by atoms with van der Waals surface area (Å²) in [6.45, 7) is 1.97. The number of aromatic nitrogens is 2. The van der Waals surface area contributed by atoms with Crippen molar-refractivity contribution < 1.29 is 4.79 Å². The Hall–Kier alpha value is -2.14. The monoisotopic (exact) mass is 258 g/mol. The van der Waals surface area contributed by atoms with Gasteiger partial charge in [-0.25, -0.2) is 4.68 Å². The molecule has 5 nitrogen and oxygen atoms in total. The van der Waals surface area contributed by atoms with Crippen LogP contribution in [0.15, 0.2) is 42.7 Å². The lowest BCUT2D eigenvalue weighted by Gasteiger charge is -2.10. The first-order valence-corrected chi connectivity index (χ1v) is 6.34. The van der Waals surface area contributed by atoms with Gasteiger partial charge in [-0.05, 0) is 30.7 Å². The zero-order chi connectivity index (χ0) is 13.7. The quantitative estimate of drug-likeness (QED) is 0.860. The lowest BCUT2D eigenvalue weighted by atomic mass is 10.1. The molecule has 0 spiro atoms. The Labute approximate surface area is 112 Å². The van der Waals surface area contributed by atoms with Crippen molar-refractivity contribution in [2.45, 2.75) is 25.8 Å². The van der Waals surface area contributed by atoms with E-state index in [1.165, 1.54) is 0 Å². The molecule has 5 heteroatoms. The van der Waals surface area contributed by atoms with E-state index >= 15 is 0 Å². The third kappa shape index (κ3) is 3.66. The Morgan fingerprint density at radius 1 is 1.47 bits per heavy atom. The molecule has 0 saturated heterocycles. The Morgan fingerprint density at radius 2 is 2.32 bits per heavy atom. The number of anilines is 1. The fourth-order valence-electron chi connectivity index (χ4n) is 1.74. The second-order valence-electron chi connectivity index (χ2n) is 4.42. The summed E-state index contributed by atoms with van der Waals surface area (Å²) in [6, 6.07) is 9.30. The Bertz CT molecular complexity index is 536. The number of hydrogen-bond acceptors (Lipinski definition) is 3. The zero-order valence-electron chi connectivity index (χ0n) is 10.9. The topological polar surface area (TPSA) is 72.9 Å². The van der Waals surface area contributed by atoms with Crippen molar-refractivity contribution in [3.63, 3.8) is 0 Å². The molecule has 1 atom stereocenters. The molecule has 0 bridgehead atoms. The van der Waals surface area contributed by atoms with E-state index in [2.05, 4.69) is 10.4 Å². The number of nitrogens with zero attached hydrogens (tertiary/aromatic N) is 2. The van der Waals surface area contributed by atoms with Crippen molar-refractivity contribution >= 4 is 11.6 Å². The fourth-order valence-corrected chi connectivity index (χ4v) is 1.74. The number of hydrogen-bond donors (Lipinski definition) is 2. The Morgan fingerprint density at radius 3 is 3.00 bits per heavy atom. The van der Waals surface area contributed by atoms with Crippen LogP contribution in [0.25, 0.3) is 5.69 Å². The molecule has 0 aliphatic carbocycles. The summed E-state index contributed by atoms with van der Waals surface area (Å²) in [7, 11) is 0. The molecule has 100 valence electrons. The number of nitrogens with two attached hydrogens (primary N) is 1. The van der Waals surface area contributed by atoms with E-state index in [0.29, 0.717) is 6.42 Å². The van der Waals surface area contributed by atoms with Crippen LogP contribution in [0.3, 0.4) is 0 Å². The smallest absolute Gasteiger partial charge is 0.225 e. The number of amides is 1. The van der Waals surface area contributed by atoms with E-state index in [1.54, 1.807) is 10.9 Å². The van der Waals surface area contributed by atoms with Gasteiger partial charge in [-0.2, -0.15) is 5.10 Å². The molecule has 0 radical (unpaired) electrons. The SMILES string of the molecule is CCC(N)CC(=O)Nc1cccc(-n2cccn2)c1. The van der Waals surface area contributed by atoms with Crippen molar-refractivity contribution in [1.29, 1.82) is 0 Å². The minimum Gasteiger partial charge on any atom is -0.327 e. The summed E-state index contributed by atoms with van der Waals surface area (Å²) >= 11 is 0. The maximum atomic E-state index is 11.8. The molecular weight excluding hydrogens is 240 g/mol. The summed E-state index contributed by atoms with van der Waals surface area (Å²) in [6.07, 6.45) is 4.70. The lowest BCUT2D eigenvalue weighted by Crippen LogP contribution is -2.26. The highest BCUT2D eigenvalue weighted by Gasteiger charge is 2.08. The van der Waals surface area contributed by atoms with Crippen molar-refractivity contribution in [2.75, 3.05) is 5.32 Å². The summed E-state index contributed by atoms with van der Waals surface area (Å²) in [5, 5.41) is 7.00. The van der Waals surface area contributed by atoms with E-state index in [4.69, 9.17) is 5.73 Å². The van der Waals surface area contributed by atoms with Gasteiger partial charge in [0.15, 0.2) is 0 Å². The van der Waals surface area contributed by atoms with Gasteiger partial charge < -0.3 is 11.1 Å². The summed E-state index contributed by atoms with van der Waals surface area (Å²) in [5.74, 6) is -0.0630. The first-order valence-electron chi connectivity index (χ1n) is 6.34. The van der Waals surface area contributed by atoms with Crippen LogP contribution in [-0.2, 0) is 4.79 Å². The zero-order valence-corrected chi connectivity index (χ0v) is 10.9. The van der Waals surface area contributed by atoms with Crippen molar-refractivity contribution in [3.8, 4) is 5.69 Å². The van der Waals surface area contributed by atoms with Gasteiger partial charge in [-0.1, -0.05) is 13.0 Å². The molecule has 3 N–H and O–H groups in total. The highest BCUT2D eigenvalue weighted by molar-refractivity contribution is 5.91. The predicted octanol–water partition coefficient (Wildman–Crippen LogP) is 1.94. The maximum absolute atomic E-state index is 11.8. The molecule has 1 amide bonds. The Balaban J connectivity index is 2.05. The van der Waals surface area contributed by atoms with Gasteiger partial charge in [0.2, 0.25) is 5.91 Å². The van der Waals surface area contributed by atoms with Gasteiger partial charge in [0.1, 0.15) is 0 Å². The molecule has 0 aliphatic rings. The van der Waals surface area contributed by atoms with Crippen LogP contribution in [0, 0.1) is 0 Å². The summed E-state index contributed by atoms with van der Waals surface area (Å²) in [4.78, 5) is 11.8. The molecule has 2 rings (SSSR count). The highest BCUT2D eigenvalue weighted by Crippen LogP contribution is 2.14. The minimum atomic E-state index is -0.0886. The maximum Gasteiger partial charge on any atom is 0.225 e. The largest absolute Gasteiger partial charge is 0.327 e. The molecule has 0 saturated carbocycles. The van der Waals surface area contributed by atoms with Gasteiger partial charge in [0.25, 0.3) is 0 Å². The molecule has 0 aliphatic heterocycles. The molecule has 1 aromatic carbocycles. The number of nitrogens with one attached hydrogen (secondary N) is 1. The molecule has 1 unspecified atom stereocenters. The first kappa shape index (κ1) is 13.3. The second kappa shape index (κ2) is 6.15. The molecule has 1 heterocycles. The molecule has 0 fully saturated rings. The standard InChI is InChI=1S/C14H18N4O/c1-2-11(15)9-14(19)17-12-5-3-6-13(10-12)18-8-4-7-16-18/h3-8,10-11H,2,9,15H2,1H3,(H,17,19). The van der Waals surface area contributed by atoms with Crippen LogP contribution in [0.1, 0.15) is 19.8 Å². The van der Waals surface area contributed by atoms with Crippen molar-refractivity contribution in [2.24, 2.45) is 5.73 Å². The van der Waals surface area contributed by atoms with Crippen LogP contribution < -0.4 is 11.1 Å². The number of carbonyl (C=O) groups is 1. The minimum absolute atomic E-state index is 0.0630. The average molecular weight is 258 g/mol. The molecule has 19 heavy (non-hydrogen) atoms. The van der Waals surface area contributed by atoms with Gasteiger partial charge in [0.05, 0.1) is 5.69 Å². The summed E-state index contributed by atoms with van der Waals surface area (Å²) < 4.78 is 1.74. The van der Waals surface area contributed by atoms with Crippen LogP contribution in [-0.4, -0.2) is 21.7 Å². The third-order valence-corrected chi connectivity index (χ3v) is 2.87. The van der Waals surface area contributed by atoms with E-state index in [1.807, 2.05) is 43.5 Å². The van der Waals surface area contributed by atoms with Gasteiger partial charge >= 0.3 is 0 Å². The normalized spacial score (nSPS) is 12.1. The number of carbonyl (C=O) groups excluding carboxylic acids is 1. The molecule has 2 aromatic rings. The van der Waals surface area contributed by atoms with Gasteiger partial charge in [0, 0.05) is 30.5 Å². The Kier molecular flexibility index (Phi) is 4.30. The van der Waals surface area contributed by atoms with E-state index in [9.17, 15) is 4.79 Å². The van der Waals surface area contributed by atoms with E-state index < -0.39 is 0 Å². The predicted molar refractivity (Wildman–Crippen MR) is 75.1 cm³/mol. The molecular formula is C14H18N4O. The van der Waals surface area contributed by atoms with Crippen molar-refractivity contribution in [3.05, 3.63) is 42.7 Å². The average Bonchev–Trinajstić information content (AvgIpc) is 2.92. The van der Waals surface area contributed by atoms with Gasteiger partial charge in [-0.15, -0.1) is 0 Å². The second-order valence-corrected chi connectivity index (χ2v) is 4.42.